The molecule has 6 heteroatoms. The maximum absolute atomic E-state index is 10.8. The Hall–Kier alpha value is -1.07. The number of benzene rings is 1. The molecule has 1 aromatic carbocycles. The first-order valence-electron chi connectivity index (χ1n) is 3.63. The van der Waals surface area contributed by atoms with E-state index in [2.05, 4.69) is 4.74 Å². The molecule has 0 aliphatic heterocycles. The molecule has 0 bridgehead atoms. The first-order valence-corrected chi connectivity index (χ1v) is 5.93. The molecule has 0 radical (unpaired) electrons. The Morgan fingerprint density at radius 1 is 1.29 bits per heavy atom. The first-order chi connectivity index (χ1) is 6.39. The first kappa shape index (κ1) is 11.0. The number of ether oxygens (including phenoxy) is 1. The van der Waals surface area contributed by atoms with E-state index in [0.29, 0.717) is 0 Å². The highest BCUT2D eigenvalue weighted by Gasteiger charge is 2.21. The van der Waals surface area contributed by atoms with Crippen LogP contribution in [0.3, 0.4) is 0 Å². The minimum Gasteiger partial charge on any atom is -0.414 e. The average Bonchev–Trinajstić information content (AvgIpc) is 2.07. The molecule has 0 saturated heterocycles. The zero-order chi connectivity index (χ0) is 10.8. The van der Waals surface area contributed by atoms with Crippen LogP contribution < -0.4 is 4.74 Å². The molecule has 0 fully saturated rings. The average molecular weight is 235 g/mol. The maximum atomic E-state index is 10.8. The van der Waals surface area contributed by atoms with Gasteiger partial charge in [-0.1, -0.05) is 17.7 Å². The molecule has 0 atom stereocenters. The van der Waals surface area contributed by atoms with Crippen molar-refractivity contribution in [1.82, 2.24) is 0 Å². The SMILES string of the molecule is Cc1ccc(OC(=O)S(=O)(=O)Cl)cc1. The highest BCUT2D eigenvalue weighted by molar-refractivity contribution is 8.25. The molecule has 0 aliphatic carbocycles. The number of halogens is 1. The van der Waals surface area contributed by atoms with Crippen LogP contribution in [0.1, 0.15) is 5.56 Å². The van der Waals surface area contributed by atoms with Gasteiger partial charge in [0.2, 0.25) is 0 Å². The second kappa shape index (κ2) is 3.98. The van der Waals surface area contributed by atoms with Gasteiger partial charge in [0.25, 0.3) is 0 Å². The number of hydrogen-bond donors (Lipinski definition) is 0. The maximum Gasteiger partial charge on any atom is 0.445 e. The van der Waals surface area contributed by atoms with Crippen molar-refractivity contribution in [2.45, 2.75) is 6.92 Å². The van der Waals surface area contributed by atoms with E-state index in [0.717, 1.165) is 5.56 Å². The smallest absolute Gasteiger partial charge is 0.414 e. The molecule has 76 valence electrons. The minimum absolute atomic E-state index is 0.143. The van der Waals surface area contributed by atoms with Gasteiger partial charge in [-0.05, 0) is 19.1 Å². The zero-order valence-corrected chi connectivity index (χ0v) is 8.80. The molecule has 14 heavy (non-hydrogen) atoms. The number of rotatable bonds is 1. The quantitative estimate of drug-likeness (QED) is 0.551. The number of aryl methyl sites for hydroxylation is 1. The van der Waals surface area contributed by atoms with Crippen LogP contribution in [-0.4, -0.2) is 13.7 Å². The van der Waals surface area contributed by atoms with Crippen LogP contribution in [0.15, 0.2) is 24.3 Å². The lowest BCUT2D eigenvalue weighted by Crippen LogP contribution is -2.13. The van der Waals surface area contributed by atoms with Gasteiger partial charge in [0.1, 0.15) is 5.75 Å². The molecular formula is C8H7ClO4S. The predicted molar refractivity (Wildman–Crippen MR) is 52.0 cm³/mol. The highest BCUT2D eigenvalue weighted by atomic mass is 35.7. The molecule has 1 rings (SSSR count). The van der Waals surface area contributed by atoms with Crippen molar-refractivity contribution < 1.29 is 17.9 Å². The Morgan fingerprint density at radius 3 is 2.21 bits per heavy atom. The fourth-order valence-corrected chi connectivity index (χ4v) is 1.04. The molecule has 0 amide bonds. The number of carbonyl (C=O) groups excluding carboxylic acids is 1. The van der Waals surface area contributed by atoms with Crippen molar-refractivity contribution in [2.75, 3.05) is 0 Å². The Morgan fingerprint density at radius 2 is 1.79 bits per heavy atom. The summed E-state index contributed by atoms with van der Waals surface area (Å²) in [6.45, 7) is 1.85. The summed E-state index contributed by atoms with van der Waals surface area (Å²) in [5.41, 5.74) is 0.971. The fraction of sp³-hybridized carbons (Fsp3) is 0.125. The molecule has 0 saturated carbocycles. The standard InChI is InChI=1S/C8H7ClO4S/c1-6-2-4-7(5-3-6)13-8(10)14(9,11)12/h2-5H,1H3. The van der Waals surface area contributed by atoms with E-state index in [1.807, 2.05) is 6.92 Å². The van der Waals surface area contributed by atoms with Crippen molar-refractivity contribution in [1.29, 1.82) is 0 Å². The van der Waals surface area contributed by atoms with Gasteiger partial charge in [-0.2, -0.15) is 8.42 Å². The summed E-state index contributed by atoms with van der Waals surface area (Å²) in [5.74, 6) is 0.143. The number of carbonyl (C=O) groups is 1. The van der Waals surface area contributed by atoms with Crippen molar-refractivity contribution >= 4 is 25.0 Å². The summed E-state index contributed by atoms with van der Waals surface area (Å²) < 4.78 is 25.5. The van der Waals surface area contributed by atoms with E-state index in [-0.39, 0.29) is 5.75 Å². The largest absolute Gasteiger partial charge is 0.445 e. The third kappa shape index (κ3) is 3.01. The Labute approximate surface area is 85.9 Å². The van der Waals surface area contributed by atoms with Crippen molar-refractivity contribution in [3.8, 4) is 5.75 Å². The van der Waals surface area contributed by atoms with Crippen molar-refractivity contribution in [2.24, 2.45) is 0 Å². The van der Waals surface area contributed by atoms with Crippen LogP contribution in [-0.2, 0) is 9.05 Å². The predicted octanol–water partition coefficient (Wildman–Crippen LogP) is 2.06. The van der Waals surface area contributed by atoms with Gasteiger partial charge in [-0.15, -0.1) is 0 Å². The second-order valence-corrected chi connectivity index (χ2v) is 5.03. The van der Waals surface area contributed by atoms with E-state index in [1.165, 1.54) is 12.1 Å². The Balaban J connectivity index is 2.81. The molecule has 0 heterocycles. The molecule has 0 aliphatic rings. The van der Waals surface area contributed by atoms with Gasteiger partial charge >= 0.3 is 14.4 Å². The lowest BCUT2D eigenvalue weighted by atomic mass is 10.2. The van der Waals surface area contributed by atoms with Gasteiger partial charge < -0.3 is 4.74 Å². The molecule has 0 unspecified atom stereocenters. The molecule has 0 spiro atoms. The molecule has 4 nitrogen and oxygen atoms in total. The summed E-state index contributed by atoms with van der Waals surface area (Å²) in [4.78, 5) is 10.8. The van der Waals surface area contributed by atoms with E-state index in [1.54, 1.807) is 12.1 Å². The molecular weight excluding hydrogens is 228 g/mol. The topological polar surface area (TPSA) is 60.4 Å². The van der Waals surface area contributed by atoms with Gasteiger partial charge in [-0.3, -0.25) is 0 Å². The zero-order valence-electron chi connectivity index (χ0n) is 7.23. The van der Waals surface area contributed by atoms with Crippen LogP contribution in [0.4, 0.5) is 4.79 Å². The minimum atomic E-state index is -4.30. The monoisotopic (exact) mass is 234 g/mol. The van der Waals surface area contributed by atoms with E-state index in [9.17, 15) is 13.2 Å². The highest BCUT2D eigenvalue weighted by Crippen LogP contribution is 2.14. The van der Waals surface area contributed by atoms with Crippen molar-refractivity contribution in [3.05, 3.63) is 29.8 Å². The summed E-state index contributed by atoms with van der Waals surface area (Å²) in [6.07, 6.45) is 0. The summed E-state index contributed by atoms with van der Waals surface area (Å²) in [5, 5.41) is -1.47. The van der Waals surface area contributed by atoms with E-state index >= 15 is 0 Å². The summed E-state index contributed by atoms with van der Waals surface area (Å²) in [7, 11) is 0.462. The van der Waals surface area contributed by atoms with Gasteiger partial charge in [-0.25, -0.2) is 4.79 Å². The summed E-state index contributed by atoms with van der Waals surface area (Å²) in [6, 6.07) is 6.33. The van der Waals surface area contributed by atoms with Crippen LogP contribution in [0.25, 0.3) is 0 Å². The molecule has 0 aromatic heterocycles. The number of hydrogen-bond acceptors (Lipinski definition) is 4. The van der Waals surface area contributed by atoms with Crippen LogP contribution in [0.5, 0.6) is 5.75 Å². The van der Waals surface area contributed by atoms with Gasteiger partial charge in [0.15, 0.2) is 0 Å². The Kier molecular flexibility index (Phi) is 3.13. The van der Waals surface area contributed by atoms with Crippen LogP contribution in [0, 0.1) is 6.92 Å². The van der Waals surface area contributed by atoms with E-state index < -0.39 is 14.4 Å². The third-order valence-corrected chi connectivity index (χ3v) is 2.28. The lowest BCUT2D eigenvalue weighted by Gasteiger charge is -2.00. The lowest BCUT2D eigenvalue weighted by molar-refractivity contribution is 0.224. The second-order valence-electron chi connectivity index (χ2n) is 2.60. The van der Waals surface area contributed by atoms with Gasteiger partial charge in [0, 0.05) is 10.7 Å². The molecule has 1 aromatic rings. The van der Waals surface area contributed by atoms with Crippen LogP contribution >= 0.6 is 10.7 Å². The third-order valence-electron chi connectivity index (χ3n) is 1.42. The fourth-order valence-electron chi connectivity index (χ4n) is 0.752. The van der Waals surface area contributed by atoms with Gasteiger partial charge in [0.05, 0.1) is 0 Å². The molecule has 0 N–H and O–H groups in total. The van der Waals surface area contributed by atoms with Crippen molar-refractivity contribution in [3.63, 3.8) is 0 Å². The normalized spacial score (nSPS) is 11.0. The van der Waals surface area contributed by atoms with E-state index in [4.69, 9.17) is 10.7 Å². The summed E-state index contributed by atoms with van der Waals surface area (Å²) >= 11 is 0. The van der Waals surface area contributed by atoms with Crippen LogP contribution in [0.2, 0.25) is 0 Å². The Bertz CT molecular complexity index is 435.